The Balaban J connectivity index is 1.97. The Hall–Kier alpha value is -0.340. The first-order chi connectivity index (χ1) is 7.31. The first-order valence-corrected chi connectivity index (χ1v) is 6.42. The maximum atomic E-state index is 2.70. The molecule has 15 heavy (non-hydrogen) atoms. The van der Waals surface area contributed by atoms with E-state index in [4.69, 9.17) is 0 Å². The highest BCUT2D eigenvalue weighted by Gasteiger charge is 2.25. The third-order valence-electron chi connectivity index (χ3n) is 3.90. The largest absolute Gasteiger partial charge is 0.304 e. The molecule has 1 heterocycles. The van der Waals surface area contributed by atoms with Crippen LogP contribution in [0, 0.1) is 0 Å². The Morgan fingerprint density at radius 2 is 2.00 bits per heavy atom. The molecule has 0 aromatic carbocycles. The zero-order valence-corrected chi connectivity index (χ0v) is 10.2. The Morgan fingerprint density at radius 3 is 2.67 bits per heavy atom. The molecule has 0 spiro atoms. The van der Waals surface area contributed by atoms with E-state index in [0.717, 1.165) is 6.04 Å². The average molecular weight is 208 g/mol. The van der Waals surface area contributed by atoms with Crippen LogP contribution in [0.1, 0.15) is 32.6 Å². The maximum absolute atomic E-state index is 2.70. The highest BCUT2D eigenvalue weighted by molar-refractivity contribution is 5.14. The van der Waals surface area contributed by atoms with E-state index in [1.807, 2.05) is 0 Å². The lowest BCUT2D eigenvalue weighted by Gasteiger charge is -2.40. The van der Waals surface area contributed by atoms with Gasteiger partial charge in [-0.15, -0.1) is 0 Å². The molecule has 1 saturated heterocycles. The number of piperazine rings is 1. The standard InChI is InChI=1S/C13H24N2/c1-3-12-6-4-5-7-13(12)15-10-8-14(2)9-11-15/h6,13H,3-5,7-11H2,1-2H3. The van der Waals surface area contributed by atoms with E-state index in [1.165, 1.54) is 51.9 Å². The number of allylic oxidation sites excluding steroid dienone is 1. The third-order valence-corrected chi connectivity index (χ3v) is 3.90. The first kappa shape index (κ1) is 11.2. The summed E-state index contributed by atoms with van der Waals surface area (Å²) in [4.78, 5) is 5.14. The van der Waals surface area contributed by atoms with Crippen molar-refractivity contribution in [3.8, 4) is 0 Å². The average Bonchev–Trinajstić information content (AvgIpc) is 2.30. The molecule has 86 valence electrons. The smallest absolute Gasteiger partial charge is 0.0308 e. The number of hydrogen-bond acceptors (Lipinski definition) is 2. The van der Waals surface area contributed by atoms with Crippen LogP contribution in [0.3, 0.4) is 0 Å². The fourth-order valence-electron chi connectivity index (χ4n) is 2.85. The lowest BCUT2D eigenvalue weighted by atomic mass is 9.91. The van der Waals surface area contributed by atoms with Gasteiger partial charge in [-0.3, -0.25) is 4.90 Å². The minimum Gasteiger partial charge on any atom is -0.304 e. The molecule has 0 aromatic rings. The van der Waals surface area contributed by atoms with E-state index in [-0.39, 0.29) is 0 Å². The normalized spacial score (nSPS) is 30.3. The lowest BCUT2D eigenvalue weighted by Crippen LogP contribution is -2.49. The predicted molar refractivity (Wildman–Crippen MR) is 65.1 cm³/mol. The Kier molecular flexibility index (Phi) is 3.81. The van der Waals surface area contributed by atoms with Gasteiger partial charge < -0.3 is 4.90 Å². The van der Waals surface area contributed by atoms with Crippen molar-refractivity contribution in [1.82, 2.24) is 9.80 Å². The molecular formula is C13H24N2. The van der Waals surface area contributed by atoms with Gasteiger partial charge in [0.05, 0.1) is 0 Å². The highest BCUT2D eigenvalue weighted by atomic mass is 15.3. The Morgan fingerprint density at radius 1 is 1.27 bits per heavy atom. The second kappa shape index (κ2) is 5.13. The van der Waals surface area contributed by atoms with Crippen LogP contribution in [-0.2, 0) is 0 Å². The lowest BCUT2D eigenvalue weighted by molar-refractivity contribution is 0.117. The molecule has 0 saturated carbocycles. The molecule has 0 amide bonds. The predicted octanol–water partition coefficient (Wildman–Crippen LogP) is 2.12. The molecule has 1 fully saturated rings. The van der Waals surface area contributed by atoms with Crippen molar-refractivity contribution in [3.05, 3.63) is 11.6 Å². The van der Waals surface area contributed by atoms with E-state index in [1.54, 1.807) is 5.57 Å². The van der Waals surface area contributed by atoms with Crippen molar-refractivity contribution in [1.29, 1.82) is 0 Å². The molecule has 0 bridgehead atoms. The molecule has 2 aliphatic rings. The third kappa shape index (κ3) is 2.61. The molecule has 1 aliphatic carbocycles. The van der Waals surface area contributed by atoms with Crippen LogP contribution in [-0.4, -0.2) is 49.1 Å². The Bertz CT molecular complexity index is 227. The molecule has 2 rings (SSSR count). The first-order valence-electron chi connectivity index (χ1n) is 6.42. The zero-order valence-electron chi connectivity index (χ0n) is 10.2. The second-order valence-electron chi connectivity index (χ2n) is 4.92. The summed E-state index contributed by atoms with van der Waals surface area (Å²) >= 11 is 0. The molecule has 1 unspecified atom stereocenters. The molecular weight excluding hydrogens is 184 g/mol. The summed E-state index contributed by atoms with van der Waals surface area (Å²) in [6.45, 7) is 7.32. The van der Waals surface area contributed by atoms with Gasteiger partial charge in [-0.25, -0.2) is 0 Å². The molecule has 2 heteroatoms. The summed E-state index contributed by atoms with van der Waals surface area (Å²) in [6, 6.07) is 0.775. The van der Waals surface area contributed by atoms with Crippen LogP contribution >= 0.6 is 0 Å². The van der Waals surface area contributed by atoms with Crippen molar-refractivity contribution in [3.63, 3.8) is 0 Å². The molecule has 2 nitrogen and oxygen atoms in total. The van der Waals surface area contributed by atoms with Gasteiger partial charge in [0.25, 0.3) is 0 Å². The monoisotopic (exact) mass is 208 g/mol. The minimum absolute atomic E-state index is 0.775. The molecule has 1 aliphatic heterocycles. The van der Waals surface area contributed by atoms with Gasteiger partial charge in [0.2, 0.25) is 0 Å². The van der Waals surface area contributed by atoms with E-state index < -0.39 is 0 Å². The Labute approximate surface area is 93.9 Å². The summed E-state index contributed by atoms with van der Waals surface area (Å²) in [5, 5.41) is 0. The van der Waals surface area contributed by atoms with Crippen LogP contribution in [0.5, 0.6) is 0 Å². The molecule has 0 radical (unpaired) electrons. The molecule has 0 N–H and O–H groups in total. The fourth-order valence-corrected chi connectivity index (χ4v) is 2.85. The van der Waals surface area contributed by atoms with Crippen LogP contribution in [0.15, 0.2) is 11.6 Å². The summed E-state index contributed by atoms with van der Waals surface area (Å²) in [5.41, 5.74) is 1.70. The number of rotatable bonds is 2. The number of likely N-dealkylation sites (N-methyl/N-ethyl adjacent to an activating group) is 1. The SMILES string of the molecule is CCC1=CCCCC1N1CCN(C)CC1. The van der Waals surface area contributed by atoms with Crippen LogP contribution in [0.2, 0.25) is 0 Å². The molecule has 0 aromatic heterocycles. The summed E-state index contributed by atoms with van der Waals surface area (Å²) < 4.78 is 0. The van der Waals surface area contributed by atoms with Gasteiger partial charge in [0.15, 0.2) is 0 Å². The fraction of sp³-hybridized carbons (Fsp3) is 0.846. The van der Waals surface area contributed by atoms with E-state index >= 15 is 0 Å². The van der Waals surface area contributed by atoms with Crippen molar-refractivity contribution in [2.24, 2.45) is 0 Å². The van der Waals surface area contributed by atoms with Gasteiger partial charge in [-0.1, -0.05) is 18.6 Å². The minimum atomic E-state index is 0.775. The highest BCUT2D eigenvalue weighted by Crippen LogP contribution is 2.26. The number of hydrogen-bond donors (Lipinski definition) is 0. The molecule has 1 atom stereocenters. The van der Waals surface area contributed by atoms with Gasteiger partial charge in [-0.2, -0.15) is 0 Å². The quantitative estimate of drug-likeness (QED) is 0.641. The second-order valence-corrected chi connectivity index (χ2v) is 4.92. The van der Waals surface area contributed by atoms with E-state index in [9.17, 15) is 0 Å². The van der Waals surface area contributed by atoms with E-state index in [2.05, 4.69) is 29.8 Å². The summed E-state index contributed by atoms with van der Waals surface area (Å²) in [5.74, 6) is 0. The van der Waals surface area contributed by atoms with Gasteiger partial charge in [-0.05, 0) is 32.7 Å². The maximum Gasteiger partial charge on any atom is 0.0308 e. The van der Waals surface area contributed by atoms with E-state index in [0.29, 0.717) is 0 Å². The van der Waals surface area contributed by atoms with Crippen LogP contribution in [0.4, 0.5) is 0 Å². The van der Waals surface area contributed by atoms with Crippen LogP contribution in [0.25, 0.3) is 0 Å². The topological polar surface area (TPSA) is 6.48 Å². The van der Waals surface area contributed by atoms with Gasteiger partial charge >= 0.3 is 0 Å². The van der Waals surface area contributed by atoms with Crippen LogP contribution < -0.4 is 0 Å². The van der Waals surface area contributed by atoms with Crippen molar-refractivity contribution >= 4 is 0 Å². The number of nitrogens with zero attached hydrogens (tertiary/aromatic N) is 2. The van der Waals surface area contributed by atoms with Gasteiger partial charge in [0, 0.05) is 32.2 Å². The summed E-state index contributed by atoms with van der Waals surface area (Å²) in [6.07, 6.45) is 7.83. The summed E-state index contributed by atoms with van der Waals surface area (Å²) in [7, 11) is 2.23. The zero-order chi connectivity index (χ0) is 10.7. The van der Waals surface area contributed by atoms with Crippen molar-refractivity contribution < 1.29 is 0 Å². The van der Waals surface area contributed by atoms with Gasteiger partial charge in [0.1, 0.15) is 0 Å². The van der Waals surface area contributed by atoms with Crippen molar-refractivity contribution in [2.45, 2.75) is 38.6 Å². The van der Waals surface area contributed by atoms with Crippen molar-refractivity contribution in [2.75, 3.05) is 33.2 Å².